The van der Waals surface area contributed by atoms with E-state index in [2.05, 4.69) is 191 Å². The number of aliphatic hydroxyl groups is 2. The molecule has 0 aromatic rings. The lowest BCUT2D eigenvalue weighted by atomic mass is 10.0. The van der Waals surface area contributed by atoms with Crippen molar-refractivity contribution < 1.29 is 75.8 Å². The molecular weight excluding hydrogens is 1750 g/mol. The van der Waals surface area contributed by atoms with Crippen LogP contribution in [0, 0.1) is 0 Å². The summed E-state index contributed by atoms with van der Waals surface area (Å²) in [6, 6.07) is 0. The first-order valence-corrected chi connectivity index (χ1v) is 59.4. The van der Waals surface area contributed by atoms with E-state index < -0.39 is 91.5 Å². The summed E-state index contributed by atoms with van der Waals surface area (Å²) in [7, 11) is -9.82. The summed E-state index contributed by atoms with van der Waals surface area (Å²) >= 11 is 0. The fraction of sp³-hybridized carbons (Fsp3) is 0.739. The van der Waals surface area contributed by atoms with Crippen molar-refractivity contribution in [2.24, 2.45) is 0 Å². The van der Waals surface area contributed by atoms with Crippen molar-refractivity contribution in [3.05, 3.63) is 170 Å². The minimum absolute atomic E-state index is 0.104. The number of phosphoric ester groups is 2. The van der Waals surface area contributed by atoms with E-state index >= 15 is 0 Å². The number of rotatable bonds is 107. The minimum Gasteiger partial charge on any atom is -0.463 e. The van der Waals surface area contributed by atoms with Gasteiger partial charge >= 0.3 is 33.6 Å². The monoisotopic (exact) mass is 1960 g/mol. The second-order valence-corrected chi connectivity index (χ2v) is 40.7. The highest BCUT2D eigenvalue weighted by Crippen LogP contribution is 2.45. The van der Waals surface area contributed by atoms with Crippen LogP contribution >= 0.6 is 15.6 Å². The Morgan fingerprint density at radius 1 is 0.212 bits per heavy atom. The predicted octanol–water partition coefficient (Wildman–Crippen LogP) is 36.5. The maximum absolute atomic E-state index is 13.2. The summed E-state index contributed by atoms with van der Waals surface area (Å²) in [6.07, 6.45) is 146. The quantitative estimate of drug-likeness (QED) is 0.0146. The molecule has 5 unspecified atom stereocenters. The Balaban J connectivity index is 4.59. The number of esters is 3. The third kappa shape index (κ3) is 111. The fourth-order valence-electron chi connectivity index (χ4n) is 15.9. The van der Waals surface area contributed by atoms with Gasteiger partial charge in [0.05, 0.1) is 26.4 Å². The highest BCUT2D eigenvalue weighted by atomic mass is 31.2. The van der Waals surface area contributed by atoms with Crippen LogP contribution in [0.4, 0.5) is 0 Å². The molecule has 18 heteroatoms. The molecule has 0 spiro atoms. The van der Waals surface area contributed by atoms with E-state index in [1.54, 1.807) is 0 Å². The zero-order valence-electron chi connectivity index (χ0n) is 88.0. The second-order valence-electron chi connectivity index (χ2n) is 37.8. The first kappa shape index (κ1) is 132. The van der Waals surface area contributed by atoms with E-state index in [-0.39, 0.29) is 19.3 Å². The molecule has 0 radical (unpaired) electrons. The van der Waals surface area contributed by atoms with Crippen molar-refractivity contribution >= 4 is 33.6 Å². The third-order valence-corrected chi connectivity index (χ3v) is 26.3. The third-order valence-electron chi connectivity index (χ3n) is 24.4. The van der Waals surface area contributed by atoms with E-state index in [1.165, 1.54) is 308 Å². The van der Waals surface area contributed by atoms with Crippen LogP contribution in [-0.2, 0) is 55.8 Å². The number of phosphoric acid groups is 2. The van der Waals surface area contributed by atoms with Gasteiger partial charge in [-0.05, 0) is 161 Å². The normalized spacial score (nSPS) is 14.2. The van der Waals surface area contributed by atoms with Crippen molar-refractivity contribution in [2.75, 3.05) is 39.6 Å². The van der Waals surface area contributed by atoms with Gasteiger partial charge in [-0.25, -0.2) is 9.13 Å². The molecule has 0 fully saturated rings. The number of allylic oxidation sites excluding steroid dienone is 28. The largest absolute Gasteiger partial charge is 0.472 e. The van der Waals surface area contributed by atoms with Crippen LogP contribution in [0.15, 0.2) is 170 Å². The summed E-state index contributed by atoms with van der Waals surface area (Å²) in [5.41, 5.74) is 0. The first-order chi connectivity index (χ1) is 67.2. The Kier molecular flexibility index (Phi) is 106. The van der Waals surface area contributed by atoms with Gasteiger partial charge in [0.2, 0.25) is 0 Å². The van der Waals surface area contributed by atoms with Gasteiger partial charge in [-0.1, -0.05) is 499 Å². The molecule has 0 aromatic heterocycles. The van der Waals surface area contributed by atoms with Crippen molar-refractivity contribution in [2.45, 2.75) is 527 Å². The molecule has 0 rings (SSSR count). The summed E-state index contributed by atoms with van der Waals surface area (Å²) in [5.74, 6) is -1.55. The van der Waals surface area contributed by atoms with Gasteiger partial charge in [-0.2, -0.15) is 0 Å². The SMILES string of the molecule is CC/C=C\C/C=C\C/C=C\C/C=C\C/C=C\C/C=C\CCCCCCCCCCCCCCCCCCC(=O)OCC(O)COP(=O)(O)OCC(O)COP(=O)(O)OCC(COC(=O)CCCCCCCCCCCCCCCCCCCCC/C=C\C/C=C\C/C=C\C/C=C\CCCCC)OC(=O)CCCCCCCCCCCCCCCCC/C=C\C/C=C\C/C=C\C/C=C\CCCCC. The highest BCUT2D eigenvalue weighted by molar-refractivity contribution is 7.47. The molecule has 16 nitrogen and oxygen atoms in total. The minimum atomic E-state index is -4.95. The maximum atomic E-state index is 13.2. The fourth-order valence-corrected chi connectivity index (χ4v) is 17.5. The molecule has 0 saturated carbocycles. The van der Waals surface area contributed by atoms with Gasteiger partial charge in [-0.3, -0.25) is 32.5 Å². The van der Waals surface area contributed by atoms with Crippen LogP contribution in [0.25, 0.3) is 0 Å². The van der Waals surface area contributed by atoms with Crippen molar-refractivity contribution in [3.63, 3.8) is 0 Å². The number of ether oxygens (including phenoxy) is 3. The summed E-state index contributed by atoms with van der Waals surface area (Å²) < 4.78 is 61.9. The molecule has 4 N–H and O–H groups in total. The molecule has 137 heavy (non-hydrogen) atoms. The van der Waals surface area contributed by atoms with E-state index in [4.69, 9.17) is 32.3 Å². The van der Waals surface area contributed by atoms with Crippen LogP contribution in [0.2, 0.25) is 0 Å². The number of unbranched alkanes of at least 4 members (excludes halogenated alkanes) is 56. The summed E-state index contributed by atoms with van der Waals surface area (Å²) in [5, 5.41) is 20.8. The molecule has 0 amide bonds. The molecule has 0 aliphatic heterocycles. The number of hydrogen-bond acceptors (Lipinski definition) is 14. The first-order valence-electron chi connectivity index (χ1n) is 56.4. The second kappa shape index (κ2) is 110. The number of aliphatic hydroxyl groups excluding tert-OH is 2. The average molecular weight is 1960 g/mol. The van der Waals surface area contributed by atoms with Gasteiger partial charge in [0.25, 0.3) is 0 Å². The number of hydrogen-bond donors (Lipinski definition) is 4. The lowest BCUT2D eigenvalue weighted by molar-refractivity contribution is -0.161. The molecule has 0 heterocycles. The van der Waals surface area contributed by atoms with Crippen LogP contribution < -0.4 is 0 Å². The summed E-state index contributed by atoms with van der Waals surface area (Å²) in [4.78, 5) is 59.4. The number of carbonyl (C=O) groups excluding carboxylic acids is 3. The van der Waals surface area contributed by atoms with E-state index in [1.807, 2.05) is 0 Å². The van der Waals surface area contributed by atoms with E-state index in [0.717, 1.165) is 141 Å². The average Bonchev–Trinajstić information content (AvgIpc) is 0.898. The topological polar surface area (TPSA) is 231 Å². The molecular formula is C119H208O16P2. The Labute approximate surface area is 841 Å². The molecule has 0 bridgehead atoms. The highest BCUT2D eigenvalue weighted by Gasteiger charge is 2.30. The zero-order chi connectivity index (χ0) is 99.2. The molecule has 0 aliphatic carbocycles. The zero-order valence-corrected chi connectivity index (χ0v) is 89.8. The maximum Gasteiger partial charge on any atom is 0.472 e. The molecule has 0 saturated heterocycles. The van der Waals surface area contributed by atoms with Gasteiger partial charge in [0, 0.05) is 19.3 Å². The van der Waals surface area contributed by atoms with Gasteiger partial charge in [0.15, 0.2) is 6.10 Å². The van der Waals surface area contributed by atoms with Crippen molar-refractivity contribution in [1.29, 1.82) is 0 Å². The van der Waals surface area contributed by atoms with E-state index in [0.29, 0.717) is 19.3 Å². The lowest BCUT2D eigenvalue weighted by Crippen LogP contribution is -2.30. The van der Waals surface area contributed by atoms with E-state index in [9.17, 15) is 43.5 Å². The van der Waals surface area contributed by atoms with Crippen molar-refractivity contribution in [1.82, 2.24) is 0 Å². The van der Waals surface area contributed by atoms with Gasteiger partial charge < -0.3 is 34.2 Å². The van der Waals surface area contributed by atoms with Gasteiger partial charge in [-0.15, -0.1) is 0 Å². The molecule has 0 aliphatic rings. The summed E-state index contributed by atoms with van der Waals surface area (Å²) in [6.45, 7) is 2.62. The molecule has 790 valence electrons. The standard InChI is InChI=1S/C119H208O16P2/c1-4-7-10-13-16-19-22-25-28-31-34-37-40-43-46-49-52-54-56-58-61-63-66-69-72-75-78-81-84-87-90-93-96-99-102-105-117(122)129-108-114(120)109-131-136(125,126)132-110-115(121)111-133-137(127,128)134-113-116(135-119(124)107-104-101-98-95-92-89-86-83-80-77-74-71-68-65-60-51-48-45-42-39-36-33-30-27-24-21-18-15-12-9-6-3)112-130-118(123)106-103-100-97-94-91-88-85-82-79-76-73-70-67-64-62-59-57-55-53-50-47-44-41-38-35-32-29-26-23-20-17-14-11-8-5-2/h7,10,16-21,25-30,34-39,43-48,52,54,114-116,120-121H,4-6,8-9,11-15,22-24,31-33,40-42,49-51,53,55-113H2,1-3H3,(H,125,126)(H,127,128)/b10-7-,19-16-,20-17-,21-18-,28-25-,29-26-,30-27-,37-34-,38-35-,39-36-,46-43-,47-44-,48-45-,54-52-. The Bertz CT molecular complexity index is 3170. The predicted molar refractivity (Wildman–Crippen MR) is 583 cm³/mol. The smallest absolute Gasteiger partial charge is 0.463 e. The molecule has 0 aromatic carbocycles. The Hall–Kier alpha value is -5.09. The number of carbonyl (C=O) groups is 3. The van der Waals surface area contributed by atoms with Crippen LogP contribution in [-0.4, -0.2) is 95.9 Å². The Morgan fingerprint density at radius 3 is 0.613 bits per heavy atom. The van der Waals surface area contributed by atoms with Crippen molar-refractivity contribution in [3.8, 4) is 0 Å². The van der Waals surface area contributed by atoms with Crippen LogP contribution in [0.1, 0.15) is 509 Å². The van der Waals surface area contributed by atoms with Crippen LogP contribution in [0.3, 0.4) is 0 Å². The Morgan fingerprint density at radius 2 is 0.387 bits per heavy atom. The molecule has 5 atom stereocenters. The van der Waals surface area contributed by atoms with Gasteiger partial charge in [0.1, 0.15) is 25.4 Å². The van der Waals surface area contributed by atoms with Crippen LogP contribution in [0.5, 0.6) is 0 Å². The lowest BCUT2D eigenvalue weighted by Gasteiger charge is -2.21.